The summed E-state index contributed by atoms with van der Waals surface area (Å²) < 4.78 is 15.2. The monoisotopic (exact) mass is 291 g/mol. The highest BCUT2D eigenvalue weighted by Crippen LogP contribution is 2.42. The van der Waals surface area contributed by atoms with Crippen LogP contribution in [0.2, 0.25) is 0 Å². The molecule has 0 radical (unpaired) electrons. The molecule has 0 saturated carbocycles. The third-order valence-electron chi connectivity index (χ3n) is 2.48. The minimum atomic E-state index is -0.140. The molecule has 0 atom stereocenters. The van der Waals surface area contributed by atoms with Crippen molar-refractivity contribution in [1.82, 2.24) is 0 Å². The maximum atomic E-state index is 13.0. The number of halogens is 2. The molecule has 0 fully saturated rings. The molecule has 0 amide bonds. The van der Waals surface area contributed by atoms with Crippen molar-refractivity contribution in [2.45, 2.75) is 19.3 Å². The summed E-state index contributed by atoms with van der Waals surface area (Å²) in [6.45, 7) is 5.24. The normalized spacial score (nSPS) is 18.9. The standard InChI is InChI=1S/C10H11FIN/c1-10(2)6-13(12)9-4-3-7(11)5-8(9)10/h3-5H,6H2,1-2H3. The fourth-order valence-corrected chi connectivity index (χ4v) is 3.05. The van der Waals surface area contributed by atoms with Crippen molar-refractivity contribution in [1.29, 1.82) is 0 Å². The van der Waals surface area contributed by atoms with Gasteiger partial charge in [0.25, 0.3) is 0 Å². The van der Waals surface area contributed by atoms with Gasteiger partial charge in [-0.05, 0) is 23.8 Å². The van der Waals surface area contributed by atoms with Gasteiger partial charge in [-0.1, -0.05) is 13.8 Å². The number of nitrogens with zero attached hydrogens (tertiary/aromatic N) is 1. The summed E-state index contributed by atoms with van der Waals surface area (Å²) in [5.74, 6) is -0.140. The van der Waals surface area contributed by atoms with E-state index in [4.69, 9.17) is 0 Å². The Morgan fingerprint density at radius 3 is 2.85 bits per heavy atom. The molecule has 1 aliphatic heterocycles. The lowest BCUT2D eigenvalue weighted by Crippen LogP contribution is -2.21. The molecule has 0 unspecified atom stereocenters. The van der Waals surface area contributed by atoms with E-state index in [0.717, 1.165) is 17.8 Å². The predicted molar refractivity (Wildman–Crippen MR) is 60.8 cm³/mol. The maximum absolute atomic E-state index is 13.0. The molecule has 0 aliphatic carbocycles. The predicted octanol–water partition coefficient (Wildman–Crippen LogP) is 3.27. The van der Waals surface area contributed by atoms with Crippen molar-refractivity contribution in [3.05, 3.63) is 29.6 Å². The van der Waals surface area contributed by atoms with Gasteiger partial charge in [-0.25, -0.2) is 4.39 Å². The SMILES string of the molecule is CC1(C)CN(I)c2ccc(F)cc21. The number of benzene rings is 1. The number of rotatable bonds is 0. The van der Waals surface area contributed by atoms with Crippen molar-refractivity contribution >= 4 is 28.6 Å². The molecule has 1 aromatic carbocycles. The highest BCUT2D eigenvalue weighted by molar-refractivity contribution is 14.1. The average Bonchev–Trinajstić information content (AvgIpc) is 2.23. The fraction of sp³-hybridized carbons (Fsp3) is 0.400. The fourth-order valence-electron chi connectivity index (χ4n) is 1.78. The Bertz CT molecular complexity index is 349. The lowest BCUT2D eigenvalue weighted by molar-refractivity contribution is 0.568. The lowest BCUT2D eigenvalue weighted by atomic mass is 9.87. The minimum Gasteiger partial charge on any atom is -0.314 e. The zero-order valence-electron chi connectivity index (χ0n) is 7.64. The summed E-state index contributed by atoms with van der Waals surface area (Å²) in [5, 5.41) is 0. The molecule has 13 heavy (non-hydrogen) atoms. The third kappa shape index (κ3) is 1.43. The summed E-state index contributed by atoms with van der Waals surface area (Å²) in [4.78, 5) is 0. The molecule has 0 saturated heterocycles. The molecular weight excluding hydrogens is 280 g/mol. The highest BCUT2D eigenvalue weighted by Gasteiger charge is 2.34. The van der Waals surface area contributed by atoms with Crippen LogP contribution in [-0.2, 0) is 5.41 Å². The van der Waals surface area contributed by atoms with E-state index >= 15 is 0 Å². The van der Waals surface area contributed by atoms with Crippen LogP contribution in [0.4, 0.5) is 10.1 Å². The topological polar surface area (TPSA) is 3.24 Å². The van der Waals surface area contributed by atoms with E-state index in [-0.39, 0.29) is 11.2 Å². The molecule has 0 spiro atoms. The van der Waals surface area contributed by atoms with Gasteiger partial charge in [0, 0.05) is 17.6 Å². The number of hydrogen-bond acceptors (Lipinski definition) is 1. The summed E-state index contributed by atoms with van der Waals surface area (Å²) in [5.41, 5.74) is 2.33. The van der Waals surface area contributed by atoms with Crippen molar-refractivity contribution in [2.24, 2.45) is 0 Å². The van der Waals surface area contributed by atoms with E-state index in [9.17, 15) is 4.39 Å². The van der Waals surface area contributed by atoms with Gasteiger partial charge in [-0.15, -0.1) is 0 Å². The van der Waals surface area contributed by atoms with Crippen LogP contribution < -0.4 is 3.11 Å². The Morgan fingerprint density at radius 1 is 1.46 bits per heavy atom. The first-order valence-corrected chi connectivity index (χ1v) is 5.20. The molecule has 0 N–H and O–H groups in total. The Balaban J connectivity index is 2.60. The van der Waals surface area contributed by atoms with Gasteiger partial charge in [0.1, 0.15) is 5.82 Å². The smallest absolute Gasteiger partial charge is 0.123 e. The van der Waals surface area contributed by atoms with E-state index in [2.05, 4.69) is 39.8 Å². The van der Waals surface area contributed by atoms with E-state index in [1.807, 2.05) is 6.07 Å². The van der Waals surface area contributed by atoms with Crippen LogP contribution >= 0.6 is 22.9 Å². The first kappa shape index (κ1) is 9.24. The third-order valence-corrected chi connectivity index (χ3v) is 3.34. The van der Waals surface area contributed by atoms with E-state index < -0.39 is 0 Å². The van der Waals surface area contributed by atoms with E-state index in [1.165, 1.54) is 6.07 Å². The van der Waals surface area contributed by atoms with E-state index in [0.29, 0.717) is 0 Å². The summed E-state index contributed by atoms with van der Waals surface area (Å²) in [6.07, 6.45) is 0. The van der Waals surface area contributed by atoms with Gasteiger partial charge < -0.3 is 3.11 Å². The summed E-state index contributed by atoms with van der Waals surface area (Å²) >= 11 is 2.27. The molecule has 0 aromatic heterocycles. The molecule has 70 valence electrons. The molecule has 2 rings (SSSR count). The molecule has 1 aliphatic rings. The quantitative estimate of drug-likeness (QED) is 0.524. The second-order valence-electron chi connectivity index (χ2n) is 4.07. The van der Waals surface area contributed by atoms with Gasteiger partial charge in [0.2, 0.25) is 0 Å². The van der Waals surface area contributed by atoms with Gasteiger partial charge in [-0.2, -0.15) is 0 Å². The van der Waals surface area contributed by atoms with Crippen LogP contribution in [0.25, 0.3) is 0 Å². The molecule has 1 aromatic rings. The van der Waals surface area contributed by atoms with Gasteiger partial charge in [0.05, 0.1) is 22.9 Å². The first-order valence-electron chi connectivity index (χ1n) is 4.24. The Hall–Kier alpha value is -0.320. The van der Waals surface area contributed by atoms with Crippen LogP contribution in [0.15, 0.2) is 18.2 Å². The Morgan fingerprint density at radius 2 is 2.15 bits per heavy atom. The zero-order valence-corrected chi connectivity index (χ0v) is 9.80. The molecule has 0 bridgehead atoms. The number of hydrogen-bond donors (Lipinski definition) is 0. The maximum Gasteiger partial charge on any atom is 0.123 e. The van der Waals surface area contributed by atoms with Crippen LogP contribution in [0, 0.1) is 5.82 Å². The van der Waals surface area contributed by atoms with Gasteiger partial charge >= 0.3 is 0 Å². The summed E-state index contributed by atoms with van der Waals surface area (Å²) in [6, 6.07) is 5.02. The number of fused-ring (bicyclic) bond motifs is 1. The molecule has 1 nitrogen and oxygen atoms in total. The lowest BCUT2D eigenvalue weighted by Gasteiger charge is -2.17. The number of anilines is 1. The molecular formula is C10H11FIN. The van der Waals surface area contributed by atoms with Crippen LogP contribution in [0.3, 0.4) is 0 Å². The zero-order chi connectivity index (χ0) is 9.64. The van der Waals surface area contributed by atoms with Crippen LogP contribution in [0.1, 0.15) is 19.4 Å². The van der Waals surface area contributed by atoms with E-state index in [1.54, 1.807) is 6.07 Å². The largest absolute Gasteiger partial charge is 0.314 e. The van der Waals surface area contributed by atoms with Crippen LogP contribution in [-0.4, -0.2) is 6.54 Å². The minimum absolute atomic E-state index is 0.0681. The van der Waals surface area contributed by atoms with Crippen molar-refractivity contribution < 1.29 is 4.39 Å². The first-order chi connectivity index (χ1) is 6.00. The second-order valence-corrected chi connectivity index (χ2v) is 5.23. The van der Waals surface area contributed by atoms with Gasteiger partial charge in [-0.3, -0.25) is 0 Å². The van der Waals surface area contributed by atoms with Crippen LogP contribution in [0.5, 0.6) is 0 Å². The molecule has 3 heteroatoms. The van der Waals surface area contributed by atoms with Crippen molar-refractivity contribution in [2.75, 3.05) is 9.66 Å². The highest BCUT2D eigenvalue weighted by atomic mass is 127. The Kier molecular flexibility index (Phi) is 2.02. The average molecular weight is 291 g/mol. The van der Waals surface area contributed by atoms with Crippen molar-refractivity contribution in [3.63, 3.8) is 0 Å². The Labute approximate surface area is 91.4 Å². The van der Waals surface area contributed by atoms with Crippen molar-refractivity contribution in [3.8, 4) is 0 Å². The molecule has 1 heterocycles. The van der Waals surface area contributed by atoms with Gasteiger partial charge in [0.15, 0.2) is 0 Å². The second kappa shape index (κ2) is 2.83. The summed E-state index contributed by atoms with van der Waals surface area (Å²) in [7, 11) is 0.